The highest BCUT2D eigenvalue weighted by Gasteiger charge is 2.06. The second kappa shape index (κ2) is 8.08. The minimum Gasteiger partial charge on any atom is -0.492 e. The molecule has 0 aliphatic carbocycles. The van der Waals surface area contributed by atoms with Gasteiger partial charge in [-0.05, 0) is 43.2 Å². The molecule has 0 aliphatic heterocycles. The third-order valence-corrected chi connectivity index (χ3v) is 3.25. The van der Waals surface area contributed by atoms with Crippen molar-refractivity contribution in [1.29, 1.82) is 0 Å². The standard InChI is InChI=1S/C18H22N2O2/c1-3-14-8-7-9-15(12-14)20-18(21)13-19-16-10-5-6-11-17(16)22-4-2/h5-12,19H,3-4,13H2,1-2H3,(H,20,21). The number of ether oxygens (including phenoxy) is 1. The van der Waals surface area contributed by atoms with E-state index in [0.717, 1.165) is 23.5 Å². The third-order valence-electron chi connectivity index (χ3n) is 3.25. The molecule has 1 amide bonds. The predicted molar refractivity (Wildman–Crippen MR) is 90.6 cm³/mol. The van der Waals surface area contributed by atoms with Gasteiger partial charge in [0.2, 0.25) is 5.91 Å². The van der Waals surface area contributed by atoms with Crippen LogP contribution >= 0.6 is 0 Å². The quantitative estimate of drug-likeness (QED) is 0.819. The normalized spacial score (nSPS) is 10.1. The van der Waals surface area contributed by atoms with E-state index >= 15 is 0 Å². The Morgan fingerprint density at radius 1 is 1.09 bits per heavy atom. The van der Waals surface area contributed by atoms with Crippen molar-refractivity contribution >= 4 is 17.3 Å². The summed E-state index contributed by atoms with van der Waals surface area (Å²) in [7, 11) is 0. The number of hydrogen-bond donors (Lipinski definition) is 2. The average molecular weight is 298 g/mol. The van der Waals surface area contributed by atoms with Gasteiger partial charge < -0.3 is 15.4 Å². The van der Waals surface area contributed by atoms with Crippen LogP contribution < -0.4 is 15.4 Å². The zero-order valence-electron chi connectivity index (χ0n) is 13.1. The molecule has 0 radical (unpaired) electrons. The van der Waals surface area contributed by atoms with Crippen molar-refractivity contribution in [3.63, 3.8) is 0 Å². The molecule has 116 valence electrons. The van der Waals surface area contributed by atoms with Gasteiger partial charge in [0.05, 0.1) is 18.8 Å². The number of carbonyl (C=O) groups excluding carboxylic acids is 1. The van der Waals surface area contributed by atoms with Crippen molar-refractivity contribution < 1.29 is 9.53 Å². The molecular formula is C18H22N2O2. The SMILES string of the molecule is CCOc1ccccc1NCC(=O)Nc1cccc(CC)c1. The van der Waals surface area contributed by atoms with Gasteiger partial charge >= 0.3 is 0 Å². The Morgan fingerprint density at radius 2 is 1.91 bits per heavy atom. The lowest BCUT2D eigenvalue weighted by Crippen LogP contribution is -2.22. The first-order chi connectivity index (χ1) is 10.7. The van der Waals surface area contributed by atoms with Crippen molar-refractivity contribution in [3.05, 3.63) is 54.1 Å². The Kier molecular flexibility index (Phi) is 5.83. The second-order valence-corrected chi connectivity index (χ2v) is 4.88. The van der Waals surface area contributed by atoms with Gasteiger partial charge in [0.1, 0.15) is 5.75 Å². The van der Waals surface area contributed by atoms with E-state index in [9.17, 15) is 4.79 Å². The number of rotatable bonds is 7. The third kappa shape index (κ3) is 4.52. The van der Waals surface area contributed by atoms with Crippen LogP contribution in [0.4, 0.5) is 11.4 Å². The molecular weight excluding hydrogens is 276 g/mol. The Balaban J connectivity index is 1.92. The lowest BCUT2D eigenvalue weighted by molar-refractivity contribution is -0.114. The number of nitrogens with one attached hydrogen (secondary N) is 2. The first-order valence-corrected chi connectivity index (χ1v) is 7.57. The summed E-state index contributed by atoms with van der Waals surface area (Å²) in [6.45, 7) is 4.81. The Bertz CT molecular complexity index is 626. The molecule has 2 rings (SSSR count). The van der Waals surface area contributed by atoms with E-state index in [1.165, 1.54) is 5.56 Å². The fraction of sp³-hybridized carbons (Fsp3) is 0.278. The van der Waals surface area contributed by atoms with Crippen LogP contribution in [0.5, 0.6) is 5.75 Å². The van der Waals surface area contributed by atoms with Gasteiger partial charge in [-0.3, -0.25) is 4.79 Å². The van der Waals surface area contributed by atoms with E-state index in [4.69, 9.17) is 4.74 Å². The van der Waals surface area contributed by atoms with Crippen molar-refractivity contribution in [2.24, 2.45) is 0 Å². The van der Waals surface area contributed by atoms with Crippen LogP contribution in [0.15, 0.2) is 48.5 Å². The Morgan fingerprint density at radius 3 is 2.68 bits per heavy atom. The molecule has 4 nitrogen and oxygen atoms in total. The molecule has 4 heteroatoms. The van der Waals surface area contributed by atoms with Crippen molar-refractivity contribution in [1.82, 2.24) is 0 Å². The highest BCUT2D eigenvalue weighted by molar-refractivity contribution is 5.94. The maximum absolute atomic E-state index is 12.0. The molecule has 0 heterocycles. The molecule has 0 bridgehead atoms. The van der Waals surface area contributed by atoms with Crippen molar-refractivity contribution in [2.75, 3.05) is 23.8 Å². The van der Waals surface area contributed by atoms with E-state index in [0.29, 0.717) is 6.61 Å². The number of hydrogen-bond acceptors (Lipinski definition) is 3. The summed E-state index contributed by atoms with van der Waals surface area (Å²) in [4.78, 5) is 12.0. The summed E-state index contributed by atoms with van der Waals surface area (Å²) >= 11 is 0. The van der Waals surface area contributed by atoms with Crippen LogP contribution in [0.3, 0.4) is 0 Å². The van der Waals surface area contributed by atoms with Gasteiger partial charge in [-0.1, -0.05) is 31.2 Å². The van der Waals surface area contributed by atoms with E-state index in [1.807, 2.05) is 55.5 Å². The number of anilines is 2. The highest BCUT2D eigenvalue weighted by atomic mass is 16.5. The predicted octanol–water partition coefficient (Wildman–Crippen LogP) is 3.70. The molecule has 2 aromatic rings. The number of carbonyl (C=O) groups is 1. The van der Waals surface area contributed by atoms with E-state index in [1.54, 1.807) is 0 Å². The minimum absolute atomic E-state index is 0.0837. The second-order valence-electron chi connectivity index (χ2n) is 4.88. The van der Waals surface area contributed by atoms with Crippen LogP contribution in [-0.2, 0) is 11.2 Å². The molecule has 0 atom stereocenters. The molecule has 0 fully saturated rings. The number of benzene rings is 2. The first-order valence-electron chi connectivity index (χ1n) is 7.57. The highest BCUT2D eigenvalue weighted by Crippen LogP contribution is 2.23. The first kappa shape index (κ1) is 15.9. The average Bonchev–Trinajstić information content (AvgIpc) is 2.54. The number of amides is 1. The van der Waals surface area contributed by atoms with Crippen molar-refractivity contribution in [2.45, 2.75) is 20.3 Å². The van der Waals surface area contributed by atoms with Crippen molar-refractivity contribution in [3.8, 4) is 5.75 Å². The lowest BCUT2D eigenvalue weighted by atomic mass is 10.1. The van der Waals surface area contributed by atoms with Crippen LogP contribution in [0.1, 0.15) is 19.4 Å². The molecule has 22 heavy (non-hydrogen) atoms. The van der Waals surface area contributed by atoms with Gasteiger partial charge in [0.15, 0.2) is 0 Å². The molecule has 0 spiro atoms. The zero-order chi connectivity index (χ0) is 15.8. The number of para-hydroxylation sites is 2. The van der Waals surface area contributed by atoms with Gasteiger partial charge in [-0.25, -0.2) is 0 Å². The fourth-order valence-corrected chi connectivity index (χ4v) is 2.14. The van der Waals surface area contributed by atoms with Gasteiger partial charge in [-0.15, -0.1) is 0 Å². The summed E-state index contributed by atoms with van der Waals surface area (Å²) < 4.78 is 5.52. The zero-order valence-corrected chi connectivity index (χ0v) is 13.1. The van der Waals surface area contributed by atoms with E-state index in [2.05, 4.69) is 17.6 Å². The van der Waals surface area contributed by atoms with Gasteiger partial charge in [0.25, 0.3) is 0 Å². The fourth-order valence-electron chi connectivity index (χ4n) is 2.14. The molecule has 0 aromatic heterocycles. The van der Waals surface area contributed by atoms with Gasteiger partial charge in [0, 0.05) is 5.69 Å². The monoisotopic (exact) mass is 298 g/mol. The number of aryl methyl sites for hydroxylation is 1. The summed E-state index contributed by atoms with van der Waals surface area (Å²) in [5.41, 5.74) is 2.85. The minimum atomic E-state index is -0.0837. The molecule has 0 unspecified atom stereocenters. The molecule has 0 saturated heterocycles. The molecule has 2 N–H and O–H groups in total. The van der Waals surface area contributed by atoms with Crippen LogP contribution in [0, 0.1) is 0 Å². The largest absolute Gasteiger partial charge is 0.492 e. The topological polar surface area (TPSA) is 50.4 Å². The Hall–Kier alpha value is -2.49. The van der Waals surface area contributed by atoms with Gasteiger partial charge in [-0.2, -0.15) is 0 Å². The van der Waals surface area contributed by atoms with Crippen LogP contribution in [-0.4, -0.2) is 19.1 Å². The lowest BCUT2D eigenvalue weighted by Gasteiger charge is -2.12. The summed E-state index contributed by atoms with van der Waals surface area (Å²) in [6.07, 6.45) is 0.948. The van der Waals surface area contributed by atoms with E-state index in [-0.39, 0.29) is 12.5 Å². The smallest absolute Gasteiger partial charge is 0.243 e. The van der Waals surface area contributed by atoms with E-state index < -0.39 is 0 Å². The summed E-state index contributed by atoms with van der Waals surface area (Å²) in [5, 5.41) is 6.01. The maximum Gasteiger partial charge on any atom is 0.243 e. The molecule has 2 aromatic carbocycles. The Labute approximate surface area is 131 Å². The summed E-state index contributed by atoms with van der Waals surface area (Å²) in [6, 6.07) is 15.5. The van der Waals surface area contributed by atoms with Crippen LogP contribution in [0.2, 0.25) is 0 Å². The van der Waals surface area contributed by atoms with Crippen LogP contribution in [0.25, 0.3) is 0 Å². The molecule has 0 saturated carbocycles. The molecule has 0 aliphatic rings. The summed E-state index contributed by atoms with van der Waals surface area (Å²) in [5.74, 6) is 0.672. The maximum atomic E-state index is 12.0.